The highest BCUT2D eigenvalue weighted by Crippen LogP contribution is 2.06. The van der Waals surface area contributed by atoms with Crippen molar-refractivity contribution < 1.29 is 29.1 Å². The summed E-state index contributed by atoms with van der Waals surface area (Å²) in [5.41, 5.74) is 1.14. The molecule has 1 aromatic rings. The first-order chi connectivity index (χ1) is 15.8. The number of aldehydes is 1. The fraction of sp³-hybridized carbons (Fsp3) is 0.542. The van der Waals surface area contributed by atoms with Gasteiger partial charge in [-0.15, -0.1) is 0 Å². The molecule has 182 valence electrons. The molecular formula is C24H35N3O6. The molecule has 3 atom stereocenters. The number of nitrogens with one attached hydrogen (secondary N) is 3. The number of unbranched alkanes of at least 4 members (excludes halogenated alkanes) is 1. The topological polar surface area (TPSA) is 142 Å². The third kappa shape index (κ3) is 11.8. The molecule has 1 aromatic carbocycles. The van der Waals surface area contributed by atoms with Crippen LogP contribution in [0.3, 0.4) is 0 Å². The Morgan fingerprint density at radius 2 is 1.64 bits per heavy atom. The number of carbonyl (C=O) groups excluding carboxylic acids is 4. The lowest BCUT2D eigenvalue weighted by atomic mass is 10.1. The number of carboxylic acids is 1. The summed E-state index contributed by atoms with van der Waals surface area (Å²) in [5.74, 6) is -2.38. The van der Waals surface area contributed by atoms with Crippen LogP contribution in [0.2, 0.25) is 0 Å². The van der Waals surface area contributed by atoms with Crippen molar-refractivity contribution in [3.63, 3.8) is 0 Å². The molecule has 3 amide bonds. The smallest absolute Gasteiger partial charge is 0.303 e. The van der Waals surface area contributed by atoms with Crippen LogP contribution in [0.5, 0.6) is 0 Å². The van der Waals surface area contributed by atoms with Crippen molar-refractivity contribution in [3.05, 3.63) is 35.9 Å². The van der Waals surface area contributed by atoms with Gasteiger partial charge >= 0.3 is 5.97 Å². The molecule has 0 aromatic heterocycles. The van der Waals surface area contributed by atoms with Gasteiger partial charge in [0.25, 0.3) is 0 Å². The van der Waals surface area contributed by atoms with Crippen LogP contribution in [0.1, 0.15) is 64.4 Å². The number of aryl methyl sites for hydroxylation is 1. The van der Waals surface area contributed by atoms with Crippen molar-refractivity contribution >= 4 is 30.0 Å². The van der Waals surface area contributed by atoms with Gasteiger partial charge in [-0.05, 0) is 38.2 Å². The van der Waals surface area contributed by atoms with Gasteiger partial charge in [0.2, 0.25) is 17.7 Å². The van der Waals surface area contributed by atoms with Gasteiger partial charge in [0, 0.05) is 12.8 Å². The van der Waals surface area contributed by atoms with Crippen LogP contribution in [0.25, 0.3) is 0 Å². The maximum absolute atomic E-state index is 12.7. The van der Waals surface area contributed by atoms with Crippen LogP contribution in [0.15, 0.2) is 30.3 Å². The zero-order valence-corrected chi connectivity index (χ0v) is 19.3. The second-order valence-corrected chi connectivity index (χ2v) is 8.02. The Labute approximate surface area is 194 Å². The number of hydrogen-bond donors (Lipinski definition) is 4. The second-order valence-electron chi connectivity index (χ2n) is 8.02. The van der Waals surface area contributed by atoms with E-state index in [1.165, 1.54) is 6.92 Å². The molecule has 9 nitrogen and oxygen atoms in total. The Kier molecular flexibility index (Phi) is 13.1. The number of benzene rings is 1. The maximum Gasteiger partial charge on any atom is 0.303 e. The number of rotatable bonds is 16. The highest BCUT2D eigenvalue weighted by atomic mass is 16.4. The van der Waals surface area contributed by atoms with Crippen LogP contribution in [0, 0.1) is 0 Å². The molecule has 0 aliphatic rings. The van der Waals surface area contributed by atoms with Gasteiger partial charge in [-0.25, -0.2) is 0 Å². The average Bonchev–Trinajstić information content (AvgIpc) is 2.79. The minimum atomic E-state index is -1.07. The van der Waals surface area contributed by atoms with Crippen LogP contribution < -0.4 is 16.0 Å². The Morgan fingerprint density at radius 3 is 2.24 bits per heavy atom. The van der Waals surface area contributed by atoms with E-state index in [0.717, 1.165) is 24.8 Å². The van der Waals surface area contributed by atoms with Gasteiger partial charge in [0.05, 0.1) is 6.04 Å². The molecule has 0 saturated carbocycles. The van der Waals surface area contributed by atoms with Crippen LogP contribution in [0.4, 0.5) is 0 Å². The molecule has 1 rings (SSSR count). The monoisotopic (exact) mass is 461 g/mol. The molecule has 0 bridgehead atoms. The van der Waals surface area contributed by atoms with Gasteiger partial charge in [-0.1, -0.05) is 50.1 Å². The van der Waals surface area contributed by atoms with Crippen LogP contribution in [-0.2, 0) is 30.4 Å². The van der Waals surface area contributed by atoms with Crippen LogP contribution >= 0.6 is 0 Å². The number of carboxylic acid groups (broad SMARTS) is 1. The third-order valence-electron chi connectivity index (χ3n) is 5.12. The molecular weight excluding hydrogens is 426 g/mol. The highest BCUT2D eigenvalue weighted by Gasteiger charge is 2.25. The summed E-state index contributed by atoms with van der Waals surface area (Å²) in [6, 6.07) is 7.15. The molecule has 4 N–H and O–H groups in total. The number of carbonyl (C=O) groups is 5. The predicted octanol–water partition coefficient (Wildman–Crippen LogP) is 1.74. The first kappa shape index (κ1) is 27.8. The standard InChI is InChI=1S/C24H35N3O6/c1-3-4-12-20(27-21(29)13-8-11-18-9-6-5-7-10-18)24(33)25-17(2)23(32)26-19(16-28)14-15-22(30)31/h5-7,9-10,16-17,19-20H,3-4,8,11-15H2,1-2H3,(H,25,33)(H,26,32)(H,27,29)(H,30,31)/t17-,19-,20-/m0/s1. The minimum absolute atomic E-state index is 0.0383. The largest absolute Gasteiger partial charge is 0.481 e. The maximum atomic E-state index is 12.7. The third-order valence-corrected chi connectivity index (χ3v) is 5.12. The summed E-state index contributed by atoms with van der Waals surface area (Å²) >= 11 is 0. The summed E-state index contributed by atoms with van der Waals surface area (Å²) in [6.45, 7) is 3.44. The molecule has 33 heavy (non-hydrogen) atoms. The van der Waals surface area contributed by atoms with Gasteiger partial charge in [-0.2, -0.15) is 0 Å². The van der Waals surface area contributed by atoms with Crippen LogP contribution in [-0.4, -0.2) is 53.2 Å². The number of hydrogen-bond acceptors (Lipinski definition) is 5. The molecule has 0 aliphatic carbocycles. The van der Waals surface area contributed by atoms with E-state index in [9.17, 15) is 24.0 Å². The number of amides is 3. The molecule has 0 spiro atoms. The molecule has 0 fully saturated rings. The highest BCUT2D eigenvalue weighted by molar-refractivity contribution is 5.92. The van der Waals surface area contributed by atoms with E-state index in [0.29, 0.717) is 19.1 Å². The summed E-state index contributed by atoms with van der Waals surface area (Å²) in [6.07, 6.45) is 3.87. The molecule has 9 heteroatoms. The van der Waals surface area contributed by atoms with Crippen molar-refractivity contribution in [3.8, 4) is 0 Å². The van der Waals surface area contributed by atoms with Crippen molar-refractivity contribution in [1.82, 2.24) is 16.0 Å². The van der Waals surface area contributed by atoms with Crippen molar-refractivity contribution in [2.75, 3.05) is 0 Å². The number of aliphatic carboxylic acids is 1. The van der Waals surface area contributed by atoms with E-state index in [4.69, 9.17) is 5.11 Å². The Hall–Kier alpha value is -3.23. The van der Waals surface area contributed by atoms with E-state index in [1.54, 1.807) is 0 Å². The van der Waals surface area contributed by atoms with E-state index >= 15 is 0 Å². The molecule has 0 heterocycles. The van der Waals surface area contributed by atoms with Crippen molar-refractivity contribution in [2.24, 2.45) is 0 Å². The van der Waals surface area contributed by atoms with E-state index < -0.39 is 35.9 Å². The lowest BCUT2D eigenvalue weighted by Crippen LogP contribution is -2.54. The fourth-order valence-electron chi connectivity index (χ4n) is 3.18. The Morgan fingerprint density at radius 1 is 0.939 bits per heavy atom. The van der Waals surface area contributed by atoms with Crippen molar-refractivity contribution in [2.45, 2.75) is 83.3 Å². The van der Waals surface area contributed by atoms with Gasteiger partial charge < -0.3 is 25.9 Å². The zero-order valence-electron chi connectivity index (χ0n) is 19.3. The zero-order chi connectivity index (χ0) is 24.6. The van der Waals surface area contributed by atoms with Crippen molar-refractivity contribution in [1.29, 1.82) is 0 Å². The lowest BCUT2D eigenvalue weighted by Gasteiger charge is -2.22. The minimum Gasteiger partial charge on any atom is -0.481 e. The first-order valence-electron chi connectivity index (χ1n) is 11.4. The van der Waals surface area contributed by atoms with Gasteiger partial charge in [0.1, 0.15) is 18.4 Å². The normalized spacial score (nSPS) is 13.3. The molecule has 0 aliphatic heterocycles. The summed E-state index contributed by atoms with van der Waals surface area (Å²) in [7, 11) is 0. The average molecular weight is 462 g/mol. The van der Waals surface area contributed by atoms with Gasteiger partial charge in [-0.3, -0.25) is 19.2 Å². The first-order valence-corrected chi connectivity index (χ1v) is 11.4. The molecule has 0 saturated heterocycles. The quantitative estimate of drug-likeness (QED) is 0.276. The molecule has 0 unspecified atom stereocenters. The summed E-state index contributed by atoms with van der Waals surface area (Å²) in [5, 5.41) is 16.5. The SMILES string of the molecule is CCCC[C@H](NC(=O)CCCc1ccccc1)C(=O)N[C@@H](C)C(=O)N[C@H](C=O)CCC(=O)O. The Balaban J connectivity index is 2.56. The second kappa shape index (κ2) is 15.6. The Bertz CT molecular complexity index is 784. The molecule has 0 radical (unpaired) electrons. The van der Waals surface area contributed by atoms with E-state index in [2.05, 4.69) is 16.0 Å². The van der Waals surface area contributed by atoms with E-state index in [1.807, 2.05) is 37.3 Å². The summed E-state index contributed by atoms with van der Waals surface area (Å²) in [4.78, 5) is 59.1. The predicted molar refractivity (Wildman–Crippen MR) is 123 cm³/mol. The summed E-state index contributed by atoms with van der Waals surface area (Å²) < 4.78 is 0. The van der Waals surface area contributed by atoms with E-state index in [-0.39, 0.29) is 25.2 Å². The van der Waals surface area contributed by atoms with Gasteiger partial charge in [0.15, 0.2) is 0 Å². The fourth-order valence-corrected chi connectivity index (χ4v) is 3.18. The lowest BCUT2D eigenvalue weighted by molar-refractivity contribution is -0.137.